The molecule has 1 aromatic rings. The summed E-state index contributed by atoms with van der Waals surface area (Å²) in [5, 5.41) is 0.330. The van der Waals surface area contributed by atoms with Gasteiger partial charge in [0.05, 0.1) is 17.6 Å². The van der Waals surface area contributed by atoms with Gasteiger partial charge in [0.15, 0.2) is 5.82 Å². The van der Waals surface area contributed by atoms with Crippen LogP contribution in [-0.4, -0.2) is 28.4 Å². The molecule has 0 saturated heterocycles. The highest BCUT2D eigenvalue weighted by molar-refractivity contribution is 9.08. The molecule has 0 saturated carbocycles. The van der Waals surface area contributed by atoms with Gasteiger partial charge < -0.3 is 9.47 Å². The molecular formula is C16H22BrFN2O4. The van der Waals surface area contributed by atoms with E-state index in [2.05, 4.69) is 20.9 Å². The maximum Gasteiger partial charge on any atom is 0.424 e. The number of alkyl halides is 1. The minimum atomic E-state index is -1.03. The summed E-state index contributed by atoms with van der Waals surface area (Å²) in [6.07, 6.45) is -1.11. The summed E-state index contributed by atoms with van der Waals surface area (Å²) in [7, 11) is 0. The maximum absolute atomic E-state index is 14.2. The molecule has 1 aromatic heterocycles. The SMILES string of the molecule is CC(C)(C)OC(=O)N(C(=O)OC(C)(C)C)c1cc(CBr)ncc1F. The second-order valence-electron chi connectivity index (χ2n) is 7.06. The zero-order chi connectivity index (χ0) is 18.7. The Labute approximate surface area is 149 Å². The molecule has 2 amide bonds. The first-order valence-electron chi connectivity index (χ1n) is 7.30. The Kier molecular flexibility index (Phi) is 6.32. The molecule has 0 fully saturated rings. The first-order valence-corrected chi connectivity index (χ1v) is 8.42. The summed E-state index contributed by atoms with van der Waals surface area (Å²) < 4.78 is 24.6. The van der Waals surface area contributed by atoms with Crippen LogP contribution in [0.3, 0.4) is 0 Å². The fourth-order valence-corrected chi connectivity index (χ4v) is 1.91. The van der Waals surface area contributed by atoms with Gasteiger partial charge in [-0.15, -0.1) is 0 Å². The van der Waals surface area contributed by atoms with Crippen molar-refractivity contribution < 1.29 is 23.5 Å². The van der Waals surface area contributed by atoms with Crippen molar-refractivity contribution in [1.82, 2.24) is 4.98 Å². The Bertz CT molecular complexity index is 595. The Balaban J connectivity index is 3.33. The lowest BCUT2D eigenvalue weighted by Crippen LogP contribution is -2.44. The third-order valence-electron chi connectivity index (χ3n) is 2.42. The number of imide groups is 1. The first-order chi connectivity index (χ1) is 10.8. The lowest BCUT2D eigenvalue weighted by molar-refractivity contribution is 0.0429. The summed E-state index contributed by atoms with van der Waals surface area (Å²) >= 11 is 3.20. The topological polar surface area (TPSA) is 68.7 Å². The molecule has 6 nitrogen and oxygen atoms in total. The van der Waals surface area contributed by atoms with Crippen LogP contribution in [-0.2, 0) is 14.8 Å². The average molecular weight is 405 g/mol. The van der Waals surface area contributed by atoms with Gasteiger partial charge in [0, 0.05) is 5.33 Å². The van der Waals surface area contributed by atoms with Crippen molar-refractivity contribution in [3.63, 3.8) is 0 Å². The number of anilines is 1. The smallest absolute Gasteiger partial charge is 0.424 e. The minimum Gasteiger partial charge on any atom is -0.443 e. The van der Waals surface area contributed by atoms with E-state index in [0.717, 1.165) is 6.20 Å². The quantitative estimate of drug-likeness (QED) is 0.662. The predicted octanol–water partition coefficient (Wildman–Crippen LogP) is 4.79. The Morgan fingerprint density at radius 3 is 1.96 bits per heavy atom. The van der Waals surface area contributed by atoms with Crippen molar-refractivity contribution in [2.45, 2.75) is 58.1 Å². The minimum absolute atomic E-state index is 0.275. The molecule has 0 aliphatic heterocycles. The van der Waals surface area contributed by atoms with Crippen LogP contribution in [0.15, 0.2) is 12.3 Å². The van der Waals surface area contributed by atoms with E-state index in [-0.39, 0.29) is 5.69 Å². The van der Waals surface area contributed by atoms with E-state index >= 15 is 0 Å². The third kappa shape index (κ3) is 6.07. The highest BCUT2D eigenvalue weighted by Crippen LogP contribution is 2.25. The van der Waals surface area contributed by atoms with Gasteiger partial charge in [-0.1, -0.05) is 15.9 Å². The van der Waals surface area contributed by atoms with E-state index in [1.807, 2.05) is 0 Å². The van der Waals surface area contributed by atoms with Gasteiger partial charge in [0.25, 0.3) is 0 Å². The molecule has 1 heterocycles. The van der Waals surface area contributed by atoms with Gasteiger partial charge in [0.2, 0.25) is 0 Å². The monoisotopic (exact) mass is 404 g/mol. The van der Waals surface area contributed by atoms with Crippen LogP contribution in [0.5, 0.6) is 0 Å². The molecule has 0 unspecified atom stereocenters. The van der Waals surface area contributed by atoms with Gasteiger partial charge in [-0.3, -0.25) is 4.98 Å². The summed E-state index contributed by atoms with van der Waals surface area (Å²) in [5.41, 5.74) is -1.55. The summed E-state index contributed by atoms with van der Waals surface area (Å²) in [5.74, 6) is -0.837. The number of rotatable bonds is 2. The fourth-order valence-electron chi connectivity index (χ4n) is 1.60. The Morgan fingerprint density at radius 2 is 1.58 bits per heavy atom. The van der Waals surface area contributed by atoms with Crippen molar-refractivity contribution in [3.05, 3.63) is 23.8 Å². The van der Waals surface area contributed by atoms with Crippen molar-refractivity contribution >= 4 is 33.8 Å². The average Bonchev–Trinajstić information content (AvgIpc) is 2.37. The second-order valence-corrected chi connectivity index (χ2v) is 7.62. The molecule has 0 spiro atoms. The largest absolute Gasteiger partial charge is 0.443 e. The normalized spacial score (nSPS) is 11.8. The number of carbonyl (C=O) groups excluding carboxylic acids is 2. The highest BCUT2D eigenvalue weighted by Gasteiger charge is 2.34. The number of halogens is 2. The second kappa shape index (κ2) is 7.46. The summed E-state index contributed by atoms with van der Waals surface area (Å²) in [6.45, 7) is 9.86. The number of hydrogen-bond acceptors (Lipinski definition) is 5. The van der Waals surface area contributed by atoms with Crippen molar-refractivity contribution in [2.75, 3.05) is 4.90 Å². The van der Waals surface area contributed by atoms with Gasteiger partial charge in [-0.05, 0) is 47.6 Å². The number of ether oxygens (including phenoxy) is 2. The third-order valence-corrected chi connectivity index (χ3v) is 3.00. The molecule has 0 aliphatic rings. The molecule has 0 aliphatic carbocycles. The number of hydrogen-bond donors (Lipinski definition) is 0. The first kappa shape index (κ1) is 20.3. The van der Waals surface area contributed by atoms with Crippen LogP contribution in [0.2, 0.25) is 0 Å². The fraction of sp³-hybridized carbons (Fsp3) is 0.562. The zero-order valence-corrected chi connectivity index (χ0v) is 16.2. The Hall–Kier alpha value is -1.70. The van der Waals surface area contributed by atoms with Crippen LogP contribution in [0.4, 0.5) is 19.7 Å². The van der Waals surface area contributed by atoms with E-state index in [4.69, 9.17) is 9.47 Å². The van der Waals surface area contributed by atoms with Crippen LogP contribution >= 0.6 is 15.9 Å². The van der Waals surface area contributed by atoms with Gasteiger partial charge in [0.1, 0.15) is 11.2 Å². The van der Waals surface area contributed by atoms with E-state index in [1.165, 1.54) is 6.07 Å². The maximum atomic E-state index is 14.2. The number of carbonyl (C=O) groups is 2. The summed E-state index contributed by atoms with van der Waals surface area (Å²) in [6, 6.07) is 1.29. The molecule has 0 aromatic carbocycles. The molecule has 0 N–H and O–H groups in total. The van der Waals surface area contributed by atoms with E-state index in [0.29, 0.717) is 15.9 Å². The van der Waals surface area contributed by atoms with Gasteiger partial charge >= 0.3 is 12.2 Å². The number of amides is 2. The van der Waals surface area contributed by atoms with Crippen LogP contribution in [0, 0.1) is 5.82 Å². The lowest BCUT2D eigenvalue weighted by atomic mass is 10.2. The van der Waals surface area contributed by atoms with Crippen molar-refractivity contribution in [1.29, 1.82) is 0 Å². The van der Waals surface area contributed by atoms with Crippen molar-refractivity contribution in [2.24, 2.45) is 0 Å². The van der Waals surface area contributed by atoms with Gasteiger partial charge in [-0.2, -0.15) is 4.90 Å². The standard InChI is InChI=1S/C16H22BrFN2O4/c1-15(2,3)23-13(21)20(14(22)24-16(4,5)6)12-7-10(8-17)19-9-11(12)18/h7,9H,8H2,1-6H3. The molecule has 24 heavy (non-hydrogen) atoms. The summed E-state index contributed by atoms with van der Waals surface area (Å²) in [4.78, 5) is 29.3. The molecule has 0 radical (unpaired) electrons. The molecule has 0 atom stereocenters. The van der Waals surface area contributed by atoms with Crippen LogP contribution < -0.4 is 4.90 Å². The molecule has 1 rings (SSSR count). The highest BCUT2D eigenvalue weighted by atomic mass is 79.9. The molecule has 0 bridgehead atoms. The molecular weight excluding hydrogens is 383 g/mol. The van der Waals surface area contributed by atoms with E-state index < -0.39 is 29.2 Å². The predicted molar refractivity (Wildman–Crippen MR) is 91.8 cm³/mol. The van der Waals surface area contributed by atoms with Crippen LogP contribution in [0.25, 0.3) is 0 Å². The molecule has 8 heteroatoms. The lowest BCUT2D eigenvalue weighted by Gasteiger charge is -2.28. The number of aromatic nitrogens is 1. The molecule has 134 valence electrons. The number of pyridine rings is 1. The Morgan fingerprint density at radius 1 is 1.12 bits per heavy atom. The van der Waals surface area contributed by atoms with Crippen molar-refractivity contribution in [3.8, 4) is 0 Å². The van der Waals surface area contributed by atoms with Gasteiger partial charge in [-0.25, -0.2) is 14.0 Å². The van der Waals surface area contributed by atoms with Crippen LogP contribution in [0.1, 0.15) is 47.2 Å². The number of nitrogens with zero attached hydrogens (tertiary/aromatic N) is 2. The van der Waals surface area contributed by atoms with E-state index in [9.17, 15) is 14.0 Å². The van der Waals surface area contributed by atoms with E-state index in [1.54, 1.807) is 41.5 Å². The zero-order valence-electron chi connectivity index (χ0n) is 14.6.